The zero-order valence-corrected chi connectivity index (χ0v) is 10.8. The molecule has 1 aliphatic rings. The van der Waals surface area contributed by atoms with Crippen LogP contribution >= 0.6 is 27.5 Å². The Hall–Kier alpha value is -0.870. The van der Waals surface area contributed by atoms with Gasteiger partial charge in [-0.1, -0.05) is 17.7 Å². The third kappa shape index (κ3) is 2.13. The molecule has 1 aliphatic heterocycles. The second-order valence-electron chi connectivity index (χ2n) is 3.66. The van der Waals surface area contributed by atoms with Crippen molar-refractivity contribution in [2.75, 3.05) is 11.4 Å². The van der Waals surface area contributed by atoms with Crippen molar-refractivity contribution in [1.82, 2.24) is 4.98 Å². The van der Waals surface area contributed by atoms with Crippen LogP contribution < -0.4 is 4.90 Å². The SMILES string of the molecule is C=CC1CC(=O)N(c2cc(Cl)c(Br)cn2)C1. The molecular formula is C11H10BrClN2O. The normalized spacial score (nSPS) is 20.2. The minimum Gasteiger partial charge on any atom is -0.296 e. The molecule has 0 spiro atoms. The van der Waals surface area contributed by atoms with Crippen molar-refractivity contribution in [2.45, 2.75) is 6.42 Å². The molecule has 0 aliphatic carbocycles. The predicted molar refractivity (Wildman–Crippen MR) is 67.6 cm³/mol. The third-order valence-electron chi connectivity index (χ3n) is 2.56. The average molecular weight is 302 g/mol. The van der Waals surface area contributed by atoms with Gasteiger partial charge in [0.25, 0.3) is 0 Å². The van der Waals surface area contributed by atoms with Gasteiger partial charge in [-0.3, -0.25) is 9.69 Å². The van der Waals surface area contributed by atoms with Gasteiger partial charge in [-0.2, -0.15) is 0 Å². The predicted octanol–water partition coefficient (Wildman–Crippen LogP) is 3.04. The molecule has 1 aromatic heterocycles. The number of nitrogens with zero attached hydrogens (tertiary/aromatic N) is 2. The quantitative estimate of drug-likeness (QED) is 0.787. The fraction of sp³-hybridized carbons (Fsp3) is 0.273. The Balaban J connectivity index is 2.27. The van der Waals surface area contributed by atoms with Gasteiger partial charge in [0, 0.05) is 31.1 Å². The molecular weight excluding hydrogens is 291 g/mol. The van der Waals surface area contributed by atoms with Gasteiger partial charge in [0.15, 0.2) is 0 Å². The zero-order chi connectivity index (χ0) is 11.7. The highest BCUT2D eigenvalue weighted by molar-refractivity contribution is 9.10. The minimum atomic E-state index is 0.0655. The van der Waals surface area contributed by atoms with E-state index in [4.69, 9.17) is 11.6 Å². The van der Waals surface area contributed by atoms with Crippen LogP contribution in [0.5, 0.6) is 0 Å². The van der Waals surface area contributed by atoms with E-state index in [1.165, 1.54) is 0 Å². The van der Waals surface area contributed by atoms with E-state index >= 15 is 0 Å². The van der Waals surface area contributed by atoms with Crippen LogP contribution in [0.1, 0.15) is 6.42 Å². The standard InChI is InChI=1S/C11H10BrClN2O/c1-2-7-3-11(16)15(6-7)10-4-9(13)8(12)5-14-10/h2,4-5,7H,1,3,6H2. The van der Waals surface area contributed by atoms with Gasteiger partial charge in [0.1, 0.15) is 5.82 Å². The van der Waals surface area contributed by atoms with Crippen LogP contribution in [0.2, 0.25) is 5.02 Å². The lowest BCUT2D eigenvalue weighted by atomic mass is 10.1. The highest BCUT2D eigenvalue weighted by Gasteiger charge is 2.29. The Morgan fingerprint density at radius 2 is 2.44 bits per heavy atom. The van der Waals surface area contributed by atoms with E-state index in [9.17, 15) is 4.79 Å². The molecule has 3 nitrogen and oxygen atoms in total. The Morgan fingerprint density at radius 3 is 3.00 bits per heavy atom. The van der Waals surface area contributed by atoms with Crippen molar-refractivity contribution in [3.8, 4) is 0 Å². The van der Waals surface area contributed by atoms with Crippen molar-refractivity contribution < 1.29 is 4.79 Å². The fourth-order valence-corrected chi connectivity index (χ4v) is 2.03. The van der Waals surface area contributed by atoms with Gasteiger partial charge in [0.05, 0.1) is 9.50 Å². The summed E-state index contributed by atoms with van der Waals surface area (Å²) in [7, 11) is 0. The summed E-state index contributed by atoms with van der Waals surface area (Å²) in [6.45, 7) is 4.34. The summed E-state index contributed by atoms with van der Waals surface area (Å²) >= 11 is 9.23. The van der Waals surface area contributed by atoms with E-state index in [1.807, 2.05) is 0 Å². The Bertz CT molecular complexity index is 450. The highest BCUT2D eigenvalue weighted by atomic mass is 79.9. The largest absolute Gasteiger partial charge is 0.296 e. The first-order chi connectivity index (χ1) is 7.61. The van der Waals surface area contributed by atoms with Gasteiger partial charge in [0.2, 0.25) is 5.91 Å². The molecule has 1 saturated heterocycles. The number of anilines is 1. The summed E-state index contributed by atoms with van der Waals surface area (Å²) in [5.41, 5.74) is 0. The number of hydrogen-bond donors (Lipinski definition) is 0. The lowest BCUT2D eigenvalue weighted by Crippen LogP contribution is -2.25. The summed E-state index contributed by atoms with van der Waals surface area (Å²) in [6.07, 6.45) is 3.91. The van der Waals surface area contributed by atoms with Gasteiger partial charge in [-0.15, -0.1) is 6.58 Å². The number of halogens is 2. The second kappa shape index (κ2) is 4.55. The Kier molecular flexibility index (Phi) is 3.30. The molecule has 0 N–H and O–H groups in total. The maximum atomic E-state index is 11.7. The number of amides is 1. The average Bonchev–Trinajstić information content (AvgIpc) is 2.64. The van der Waals surface area contributed by atoms with E-state index < -0.39 is 0 Å². The number of hydrogen-bond acceptors (Lipinski definition) is 2. The molecule has 2 rings (SSSR count). The number of rotatable bonds is 2. The van der Waals surface area contributed by atoms with Crippen LogP contribution in [0.3, 0.4) is 0 Å². The highest BCUT2D eigenvalue weighted by Crippen LogP contribution is 2.29. The van der Waals surface area contributed by atoms with Crippen molar-refractivity contribution in [2.24, 2.45) is 5.92 Å². The molecule has 5 heteroatoms. The molecule has 0 saturated carbocycles. The molecule has 1 amide bonds. The Morgan fingerprint density at radius 1 is 1.69 bits per heavy atom. The maximum absolute atomic E-state index is 11.7. The zero-order valence-electron chi connectivity index (χ0n) is 8.49. The molecule has 1 aromatic rings. The summed E-state index contributed by atoms with van der Waals surface area (Å²) in [4.78, 5) is 17.5. The molecule has 2 heterocycles. The van der Waals surface area contributed by atoms with Gasteiger partial charge in [-0.05, 0) is 15.9 Å². The third-order valence-corrected chi connectivity index (χ3v) is 3.73. The summed E-state index contributed by atoms with van der Waals surface area (Å²) in [5, 5.41) is 0.555. The molecule has 1 unspecified atom stereocenters. The van der Waals surface area contributed by atoms with Gasteiger partial charge in [-0.25, -0.2) is 4.98 Å². The Labute approximate surface area is 107 Å². The lowest BCUT2D eigenvalue weighted by Gasteiger charge is -2.15. The van der Waals surface area contributed by atoms with E-state index in [2.05, 4.69) is 27.5 Å². The first-order valence-electron chi connectivity index (χ1n) is 4.85. The van der Waals surface area contributed by atoms with Gasteiger partial charge < -0.3 is 0 Å². The van der Waals surface area contributed by atoms with Crippen LogP contribution in [-0.4, -0.2) is 17.4 Å². The van der Waals surface area contributed by atoms with E-state index in [0.29, 0.717) is 23.8 Å². The van der Waals surface area contributed by atoms with Crippen molar-refractivity contribution in [1.29, 1.82) is 0 Å². The second-order valence-corrected chi connectivity index (χ2v) is 4.92. The maximum Gasteiger partial charge on any atom is 0.228 e. The number of carbonyl (C=O) groups excluding carboxylic acids is 1. The molecule has 0 bridgehead atoms. The van der Waals surface area contributed by atoms with Crippen LogP contribution in [0, 0.1) is 5.92 Å². The number of pyridine rings is 1. The molecule has 0 radical (unpaired) electrons. The van der Waals surface area contributed by atoms with Crippen LogP contribution in [0.25, 0.3) is 0 Å². The lowest BCUT2D eigenvalue weighted by molar-refractivity contribution is -0.117. The molecule has 0 aromatic carbocycles. The molecule has 1 fully saturated rings. The van der Waals surface area contributed by atoms with Gasteiger partial charge >= 0.3 is 0 Å². The van der Waals surface area contributed by atoms with Crippen molar-refractivity contribution >= 4 is 39.3 Å². The van der Waals surface area contributed by atoms with E-state index in [1.54, 1.807) is 23.2 Å². The fourth-order valence-electron chi connectivity index (χ4n) is 1.67. The van der Waals surface area contributed by atoms with E-state index in [0.717, 1.165) is 4.47 Å². The van der Waals surface area contributed by atoms with Crippen LogP contribution in [0.4, 0.5) is 5.82 Å². The molecule has 16 heavy (non-hydrogen) atoms. The number of aromatic nitrogens is 1. The first kappa shape index (κ1) is 11.6. The summed E-state index contributed by atoms with van der Waals surface area (Å²) in [5.74, 6) is 0.870. The summed E-state index contributed by atoms with van der Waals surface area (Å²) in [6, 6.07) is 1.69. The minimum absolute atomic E-state index is 0.0655. The summed E-state index contributed by atoms with van der Waals surface area (Å²) < 4.78 is 0.727. The number of carbonyl (C=O) groups is 1. The van der Waals surface area contributed by atoms with Crippen LogP contribution in [0.15, 0.2) is 29.4 Å². The monoisotopic (exact) mass is 300 g/mol. The first-order valence-corrected chi connectivity index (χ1v) is 6.03. The van der Waals surface area contributed by atoms with Crippen molar-refractivity contribution in [3.63, 3.8) is 0 Å². The topological polar surface area (TPSA) is 33.2 Å². The molecule has 1 atom stereocenters. The smallest absolute Gasteiger partial charge is 0.228 e. The van der Waals surface area contributed by atoms with E-state index in [-0.39, 0.29) is 11.8 Å². The van der Waals surface area contributed by atoms with Crippen LogP contribution in [-0.2, 0) is 4.79 Å². The van der Waals surface area contributed by atoms with Crippen molar-refractivity contribution in [3.05, 3.63) is 34.4 Å². The molecule has 84 valence electrons.